The molecule has 3 atom stereocenters. The summed E-state index contributed by atoms with van der Waals surface area (Å²) in [6, 6.07) is 7.31. The van der Waals surface area contributed by atoms with E-state index in [-0.39, 0.29) is 34.7 Å². The highest BCUT2D eigenvalue weighted by Crippen LogP contribution is 2.41. The molecular formula is C20H18N6O7S2. The molecule has 0 spiro atoms. The topological polar surface area (TPSA) is 198 Å². The van der Waals surface area contributed by atoms with Gasteiger partial charge in [0, 0.05) is 17.1 Å². The van der Waals surface area contributed by atoms with Gasteiger partial charge in [-0.15, -0.1) is 16.9 Å². The lowest BCUT2D eigenvalue weighted by molar-refractivity contribution is -0.154. The Morgan fingerprint density at radius 3 is 2.74 bits per heavy atom. The highest BCUT2D eigenvalue weighted by atomic mass is 32.2. The minimum Gasteiger partial charge on any atom is -0.477 e. The average Bonchev–Trinajstić information content (AvgIpc) is 3.33. The number of nitrogens with one attached hydrogen (secondary N) is 2. The third-order valence-corrected chi connectivity index (χ3v) is 7.43. The van der Waals surface area contributed by atoms with Gasteiger partial charge in [0.1, 0.15) is 17.1 Å². The Morgan fingerprint density at radius 1 is 1.37 bits per heavy atom. The second kappa shape index (κ2) is 10.2. The molecule has 2 aromatic rings. The lowest BCUT2D eigenvalue weighted by atomic mass is 10.0. The molecule has 2 aliphatic heterocycles. The van der Waals surface area contributed by atoms with Gasteiger partial charge in [0.05, 0.1) is 0 Å². The van der Waals surface area contributed by atoms with E-state index < -0.39 is 41.2 Å². The molecule has 1 saturated heterocycles. The van der Waals surface area contributed by atoms with E-state index in [0.717, 1.165) is 16.7 Å². The van der Waals surface area contributed by atoms with Crippen molar-refractivity contribution in [1.29, 1.82) is 0 Å². The van der Waals surface area contributed by atoms with Crippen molar-refractivity contribution in [3.63, 3.8) is 0 Å². The normalized spacial score (nSPS) is 19.9. The number of thioether (sulfide) groups is 2. The Kier molecular flexibility index (Phi) is 7.07. The van der Waals surface area contributed by atoms with Gasteiger partial charge in [-0.1, -0.05) is 42.1 Å². The van der Waals surface area contributed by atoms with Crippen LogP contribution >= 0.6 is 23.5 Å². The summed E-state index contributed by atoms with van der Waals surface area (Å²) in [7, 11) is 0. The number of benzene rings is 1. The molecular weight excluding hydrogens is 500 g/mol. The van der Waals surface area contributed by atoms with Crippen molar-refractivity contribution in [2.75, 3.05) is 11.5 Å². The molecule has 0 radical (unpaired) electrons. The predicted octanol–water partition coefficient (Wildman–Crippen LogP) is -0.351. The summed E-state index contributed by atoms with van der Waals surface area (Å²) < 4.78 is 4.92. The van der Waals surface area contributed by atoms with Crippen LogP contribution in [0.5, 0.6) is 0 Å². The highest BCUT2D eigenvalue weighted by molar-refractivity contribution is 8.01. The van der Waals surface area contributed by atoms with Crippen molar-refractivity contribution in [3.8, 4) is 0 Å². The SMILES string of the molecule is NC(=O)c1nc(SCC2=C(C(=O)O)N3C(=O)C(NC(=O)[C@H](OC=O)c4ccccc4)[C@H]3SC2)n[nH]1. The number of carbonyl (C=O) groups excluding carboxylic acids is 4. The zero-order chi connectivity index (χ0) is 25.1. The fraction of sp³-hybridized carbons (Fsp3) is 0.250. The van der Waals surface area contributed by atoms with Gasteiger partial charge in [0.15, 0.2) is 0 Å². The number of nitrogens with two attached hydrogens (primary N) is 1. The van der Waals surface area contributed by atoms with Gasteiger partial charge < -0.3 is 20.9 Å². The summed E-state index contributed by atoms with van der Waals surface area (Å²) in [6.07, 6.45) is -1.25. The second-order valence-corrected chi connectivity index (χ2v) is 9.34. The zero-order valence-corrected chi connectivity index (χ0v) is 19.4. The summed E-state index contributed by atoms with van der Waals surface area (Å²) in [5.74, 6) is -3.05. The predicted molar refractivity (Wildman–Crippen MR) is 122 cm³/mol. The largest absolute Gasteiger partial charge is 0.477 e. The number of fused-ring (bicyclic) bond motifs is 1. The lowest BCUT2D eigenvalue weighted by Gasteiger charge is -2.49. The number of ether oxygens (including phenoxy) is 1. The summed E-state index contributed by atoms with van der Waals surface area (Å²) in [6.45, 7) is 0.150. The Bertz CT molecular complexity index is 1220. The molecule has 4 rings (SSSR count). The third kappa shape index (κ3) is 4.85. The van der Waals surface area contributed by atoms with Crippen molar-refractivity contribution in [2.24, 2.45) is 5.73 Å². The van der Waals surface area contributed by atoms with E-state index in [1.165, 1.54) is 11.8 Å². The Labute approximate surface area is 205 Å². The summed E-state index contributed by atoms with van der Waals surface area (Å²) in [5, 5.41) is 18.1. The van der Waals surface area contributed by atoms with Crippen LogP contribution in [0, 0.1) is 0 Å². The number of aliphatic carboxylic acids is 1. The number of carboxylic acids is 1. The molecule has 15 heteroatoms. The minimum absolute atomic E-state index is 0.123. The van der Waals surface area contributed by atoms with Crippen molar-refractivity contribution in [3.05, 3.63) is 53.0 Å². The van der Waals surface area contributed by atoms with E-state index in [1.54, 1.807) is 30.3 Å². The van der Waals surface area contributed by atoms with E-state index in [9.17, 15) is 29.1 Å². The Hall–Kier alpha value is -3.85. The van der Waals surface area contributed by atoms with Crippen molar-refractivity contribution in [2.45, 2.75) is 22.7 Å². The van der Waals surface area contributed by atoms with Gasteiger partial charge in [-0.3, -0.25) is 29.2 Å². The molecule has 35 heavy (non-hydrogen) atoms. The first-order valence-electron chi connectivity index (χ1n) is 10.0. The number of hydrogen-bond acceptors (Lipinski definition) is 10. The van der Waals surface area contributed by atoms with Gasteiger partial charge in [-0.25, -0.2) is 4.79 Å². The lowest BCUT2D eigenvalue weighted by Crippen LogP contribution is -2.71. The Balaban J connectivity index is 1.47. The van der Waals surface area contributed by atoms with Gasteiger partial charge >= 0.3 is 5.97 Å². The number of H-pyrrole nitrogens is 1. The van der Waals surface area contributed by atoms with Crippen molar-refractivity contribution < 1.29 is 33.8 Å². The molecule has 182 valence electrons. The van der Waals surface area contributed by atoms with Crippen LogP contribution in [0.1, 0.15) is 22.3 Å². The molecule has 1 aromatic carbocycles. The molecule has 0 aliphatic carbocycles. The highest BCUT2D eigenvalue weighted by Gasteiger charge is 2.54. The molecule has 0 bridgehead atoms. The molecule has 13 nitrogen and oxygen atoms in total. The number of β-lactam (4-membered cyclic amide) rings is 1. The van der Waals surface area contributed by atoms with Crippen LogP contribution in [0.25, 0.3) is 0 Å². The van der Waals surface area contributed by atoms with Crippen LogP contribution in [0.3, 0.4) is 0 Å². The van der Waals surface area contributed by atoms with Crippen molar-refractivity contribution >= 4 is 53.7 Å². The number of carboxylic acid groups (broad SMARTS) is 1. The minimum atomic E-state index is -1.29. The zero-order valence-electron chi connectivity index (χ0n) is 17.7. The van der Waals surface area contributed by atoms with Crippen LogP contribution < -0.4 is 11.1 Å². The number of hydrogen-bond donors (Lipinski definition) is 4. The number of primary amides is 1. The van der Waals surface area contributed by atoms with Gasteiger partial charge in [0.25, 0.3) is 24.2 Å². The van der Waals surface area contributed by atoms with E-state index in [2.05, 4.69) is 20.5 Å². The van der Waals surface area contributed by atoms with Crippen LogP contribution in [0.15, 0.2) is 46.8 Å². The Morgan fingerprint density at radius 2 is 2.11 bits per heavy atom. The quantitative estimate of drug-likeness (QED) is 0.182. The van der Waals surface area contributed by atoms with Gasteiger partial charge in [-0.2, -0.15) is 4.98 Å². The fourth-order valence-electron chi connectivity index (χ4n) is 3.57. The molecule has 1 unspecified atom stereocenters. The fourth-order valence-corrected chi connectivity index (χ4v) is 5.85. The molecule has 5 N–H and O–H groups in total. The maximum Gasteiger partial charge on any atom is 0.352 e. The number of amides is 3. The molecule has 3 heterocycles. The van der Waals surface area contributed by atoms with Crippen molar-refractivity contribution in [1.82, 2.24) is 25.4 Å². The average molecular weight is 519 g/mol. The smallest absolute Gasteiger partial charge is 0.352 e. The molecule has 3 amide bonds. The first kappa shape index (κ1) is 24.3. The number of aromatic nitrogens is 3. The number of nitrogens with zero attached hydrogens (tertiary/aromatic N) is 3. The second-order valence-electron chi connectivity index (χ2n) is 7.30. The number of aromatic amines is 1. The van der Waals surface area contributed by atoms with Crippen LogP contribution in [0.2, 0.25) is 0 Å². The molecule has 2 aliphatic rings. The van der Waals surface area contributed by atoms with Crippen LogP contribution in [-0.2, 0) is 23.9 Å². The van der Waals surface area contributed by atoms with Crippen LogP contribution in [0.4, 0.5) is 0 Å². The summed E-state index contributed by atoms with van der Waals surface area (Å²) >= 11 is 2.37. The molecule has 0 saturated carbocycles. The summed E-state index contributed by atoms with van der Waals surface area (Å²) in [5.41, 5.74) is 5.84. The maximum absolute atomic E-state index is 12.9. The first-order valence-corrected chi connectivity index (χ1v) is 12.0. The van der Waals surface area contributed by atoms with E-state index in [1.807, 2.05) is 0 Å². The van der Waals surface area contributed by atoms with E-state index in [4.69, 9.17) is 10.5 Å². The van der Waals surface area contributed by atoms with E-state index in [0.29, 0.717) is 11.1 Å². The monoisotopic (exact) mass is 518 g/mol. The van der Waals surface area contributed by atoms with Gasteiger partial charge in [-0.05, 0) is 5.57 Å². The molecule has 1 aromatic heterocycles. The third-order valence-electron chi connectivity index (χ3n) is 5.15. The maximum atomic E-state index is 12.9. The number of rotatable bonds is 10. The van der Waals surface area contributed by atoms with E-state index >= 15 is 0 Å². The molecule has 1 fully saturated rings. The first-order chi connectivity index (χ1) is 16.8. The van der Waals surface area contributed by atoms with Crippen LogP contribution in [-0.4, -0.2) is 78.3 Å². The number of carbonyl (C=O) groups is 5. The summed E-state index contributed by atoms with van der Waals surface area (Å²) in [4.78, 5) is 64.7. The van der Waals surface area contributed by atoms with Gasteiger partial charge in [0.2, 0.25) is 17.1 Å². The standard InChI is InChI=1S/C20H18N6O7S2/c21-14(28)15-23-20(25-24-15)35-7-10-6-34-18-11(17(30)26(18)12(10)19(31)32)22-16(29)13(33-8-27)9-4-2-1-3-5-9/h1-5,8,11,13,18H,6-7H2,(H2,21,28)(H,22,29)(H,31,32)(H,23,24,25)/t11?,13-,18-/m1/s1.